The Morgan fingerprint density at radius 1 is 1.17 bits per heavy atom. The summed E-state index contributed by atoms with van der Waals surface area (Å²) >= 11 is 0. The van der Waals surface area contributed by atoms with Crippen LogP contribution in [-0.4, -0.2) is 32.2 Å². The third kappa shape index (κ3) is 2.49. The van der Waals surface area contributed by atoms with Crippen LogP contribution >= 0.6 is 0 Å². The number of benzene rings is 2. The van der Waals surface area contributed by atoms with Gasteiger partial charge in [-0.1, -0.05) is 25.3 Å². The van der Waals surface area contributed by atoms with E-state index >= 15 is 0 Å². The lowest BCUT2D eigenvalue weighted by Crippen LogP contribution is -2.07. The molecule has 3 heterocycles. The summed E-state index contributed by atoms with van der Waals surface area (Å²) in [6.07, 6.45) is 7.84. The number of hydrogen-bond donors (Lipinski definition) is 2. The molecule has 2 aromatic heterocycles. The molecular formula is C24H23N3O3. The van der Waals surface area contributed by atoms with Crippen molar-refractivity contribution >= 4 is 27.9 Å². The minimum atomic E-state index is -0.892. The predicted molar refractivity (Wildman–Crippen MR) is 115 cm³/mol. The molecule has 0 atom stereocenters. The summed E-state index contributed by atoms with van der Waals surface area (Å²) in [4.78, 5) is 19.3. The van der Waals surface area contributed by atoms with Crippen molar-refractivity contribution in [2.45, 2.75) is 44.6 Å². The van der Waals surface area contributed by atoms with Gasteiger partial charge in [0.1, 0.15) is 12.1 Å². The minimum Gasteiger partial charge on any atom is -0.489 e. The molecule has 1 fully saturated rings. The van der Waals surface area contributed by atoms with Gasteiger partial charge in [0.15, 0.2) is 5.75 Å². The number of carboxylic acids is 1. The van der Waals surface area contributed by atoms with Gasteiger partial charge in [0.05, 0.1) is 29.6 Å². The highest BCUT2D eigenvalue weighted by molar-refractivity contribution is 6.00. The van der Waals surface area contributed by atoms with Crippen LogP contribution in [0, 0.1) is 0 Å². The van der Waals surface area contributed by atoms with Crippen LogP contribution < -0.4 is 4.74 Å². The largest absolute Gasteiger partial charge is 0.489 e. The second kappa shape index (κ2) is 6.62. The molecular weight excluding hydrogens is 378 g/mol. The molecule has 0 amide bonds. The van der Waals surface area contributed by atoms with E-state index in [-0.39, 0.29) is 0 Å². The monoisotopic (exact) mass is 401 g/mol. The number of imidazole rings is 1. The number of ether oxygens (including phenoxy) is 1. The Labute approximate surface area is 173 Å². The standard InChI is InChI=1S/C24H23N3O3/c28-24(29)15-6-7-16-19(12-15)27-10-11-30-23-17(8-9-18-21(23)26-13-25-18)22(27)20(16)14-4-2-1-3-5-14/h6-9,12-14H,1-5,10-11H2,(H,25,26)(H,28,29). The fourth-order valence-corrected chi connectivity index (χ4v) is 5.40. The fourth-order valence-electron chi connectivity index (χ4n) is 5.40. The summed E-state index contributed by atoms with van der Waals surface area (Å²) in [6.45, 7) is 1.22. The molecule has 2 aromatic carbocycles. The van der Waals surface area contributed by atoms with Crippen LogP contribution in [0.15, 0.2) is 36.7 Å². The molecule has 2 N–H and O–H groups in total. The Morgan fingerprint density at radius 3 is 2.87 bits per heavy atom. The Balaban J connectivity index is 1.70. The fraction of sp³-hybridized carbons (Fsp3) is 0.333. The van der Waals surface area contributed by atoms with Crippen molar-refractivity contribution in [3.63, 3.8) is 0 Å². The average Bonchev–Trinajstić information content (AvgIpc) is 3.32. The normalized spacial score (nSPS) is 16.8. The first-order chi connectivity index (χ1) is 14.7. The van der Waals surface area contributed by atoms with Gasteiger partial charge in [-0.3, -0.25) is 0 Å². The van der Waals surface area contributed by atoms with E-state index in [9.17, 15) is 9.90 Å². The van der Waals surface area contributed by atoms with Crippen molar-refractivity contribution in [2.75, 3.05) is 6.61 Å². The zero-order chi connectivity index (χ0) is 20.2. The van der Waals surface area contributed by atoms with Crippen LogP contribution in [0.2, 0.25) is 0 Å². The number of nitrogens with one attached hydrogen (secondary N) is 1. The summed E-state index contributed by atoms with van der Waals surface area (Å²) < 4.78 is 8.50. The molecule has 6 rings (SSSR count). The minimum absolute atomic E-state index is 0.326. The summed E-state index contributed by atoms with van der Waals surface area (Å²) in [5.41, 5.74) is 6.74. The van der Waals surface area contributed by atoms with Crippen LogP contribution in [0.1, 0.15) is 53.9 Å². The molecule has 0 bridgehead atoms. The van der Waals surface area contributed by atoms with Crippen molar-refractivity contribution in [1.82, 2.24) is 14.5 Å². The van der Waals surface area contributed by atoms with Crippen LogP contribution in [-0.2, 0) is 6.54 Å². The van der Waals surface area contributed by atoms with Gasteiger partial charge in [-0.25, -0.2) is 9.78 Å². The number of aromatic nitrogens is 3. The Kier molecular flexibility index (Phi) is 3.88. The Bertz CT molecular complexity index is 1290. The number of nitrogens with zero attached hydrogens (tertiary/aromatic N) is 2. The maximum Gasteiger partial charge on any atom is 0.335 e. The highest BCUT2D eigenvalue weighted by atomic mass is 16.5. The molecule has 2 aliphatic rings. The number of H-pyrrole nitrogens is 1. The molecule has 4 aromatic rings. The van der Waals surface area contributed by atoms with E-state index in [2.05, 4.69) is 20.6 Å². The molecule has 6 nitrogen and oxygen atoms in total. The second-order valence-electron chi connectivity index (χ2n) is 8.37. The first-order valence-electron chi connectivity index (χ1n) is 10.7. The first kappa shape index (κ1) is 17.6. The number of fused-ring (bicyclic) bond motifs is 7. The Hall–Kier alpha value is -3.28. The summed E-state index contributed by atoms with van der Waals surface area (Å²) in [6, 6.07) is 9.73. The predicted octanol–water partition coefficient (Wildman–Crippen LogP) is 5.32. The highest BCUT2D eigenvalue weighted by Gasteiger charge is 2.30. The van der Waals surface area contributed by atoms with Gasteiger partial charge in [-0.2, -0.15) is 0 Å². The van der Waals surface area contributed by atoms with Crippen molar-refractivity contribution < 1.29 is 14.6 Å². The molecule has 30 heavy (non-hydrogen) atoms. The van der Waals surface area contributed by atoms with Crippen LogP contribution in [0.25, 0.3) is 33.2 Å². The van der Waals surface area contributed by atoms with Crippen molar-refractivity contribution in [3.8, 4) is 17.0 Å². The van der Waals surface area contributed by atoms with E-state index in [0.29, 0.717) is 24.6 Å². The van der Waals surface area contributed by atoms with Crippen LogP contribution in [0.4, 0.5) is 0 Å². The lowest BCUT2D eigenvalue weighted by molar-refractivity contribution is 0.0697. The van der Waals surface area contributed by atoms with Gasteiger partial charge in [0.2, 0.25) is 0 Å². The zero-order valence-electron chi connectivity index (χ0n) is 16.6. The molecule has 1 aliphatic heterocycles. The maximum atomic E-state index is 11.7. The summed E-state index contributed by atoms with van der Waals surface area (Å²) in [5, 5.41) is 10.7. The molecule has 0 saturated heterocycles. The molecule has 1 saturated carbocycles. The van der Waals surface area contributed by atoms with Gasteiger partial charge in [-0.15, -0.1) is 0 Å². The number of aromatic amines is 1. The highest BCUT2D eigenvalue weighted by Crippen LogP contribution is 2.48. The van der Waals surface area contributed by atoms with Gasteiger partial charge in [0.25, 0.3) is 0 Å². The second-order valence-corrected chi connectivity index (χ2v) is 8.37. The molecule has 152 valence electrons. The lowest BCUT2D eigenvalue weighted by atomic mass is 9.81. The number of carboxylic acid groups (broad SMARTS) is 1. The third-order valence-corrected chi connectivity index (χ3v) is 6.73. The van der Waals surface area contributed by atoms with E-state index in [1.54, 1.807) is 12.4 Å². The maximum absolute atomic E-state index is 11.7. The van der Waals surface area contributed by atoms with Crippen LogP contribution in [0.3, 0.4) is 0 Å². The molecule has 0 radical (unpaired) electrons. The molecule has 6 heteroatoms. The SMILES string of the molecule is O=C(O)c1ccc2c(C3CCCCC3)c3n(c2c1)CCOc1c-3ccc2nc[nH]c12. The lowest BCUT2D eigenvalue weighted by Gasteiger charge is -2.23. The topological polar surface area (TPSA) is 80.1 Å². The van der Waals surface area contributed by atoms with Gasteiger partial charge >= 0.3 is 5.97 Å². The molecule has 1 aliphatic carbocycles. The van der Waals surface area contributed by atoms with Crippen molar-refractivity contribution in [1.29, 1.82) is 0 Å². The van der Waals surface area contributed by atoms with Gasteiger partial charge in [-0.05, 0) is 48.6 Å². The van der Waals surface area contributed by atoms with Crippen molar-refractivity contribution in [3.05, 3.63) is 47.8 Å². The quantitative estimate of drug-likeness (QED) is 0.476. The summed E-state index contributed by atoms with van der Waals surface area (Å²) in [7, 11) is 0. The van der Waals surface area contributed by atoms with Gasteiger partial charge in [0, 0.05) is 16.5 Å². The Morgan fingerprint density at radius 2 is 2.03 bits per heavy atom. The van der Waals surface area contributed by atoms with E-state index < -0.39 is 5.97 Å². The number of aromatic carboxylic acids is 1. The summed E-state index contributed by atoms with van der Waals surface area (Å²) in [5.74, 6) is 0.440. The first-order valence-corrected chi connectivity index (χ1v) is 10.7. The van der Waals surface area contributed by atoms with E-state index in [4.69, 9.17) is 4.74 Å². The van der Waals surface area contributed by atoms with Gasteiger partial charge < -0.3 is 19.4 Å². The van der Waals surface area contributed by atoms with Crippen LogP contribution in [0.5, 0.6) is 5.75 Å². The van der Waals surface area contributed by atoms with E-state index in [0.717, 1.165) is 27.9 Å². The average molecular weight is 401 g/mol. The number of carbonyl (C=O) groups is 1. The third-order valence-electron chi connectivity index (χ3n) is 6.73. The van der Waals surface area contributed by atoms with E-state index in [1.807, 2.05) is 18.2 Å². The number of rotatable bonds is 2. The number of hydrogen-bond acceptors (Lipinski definition) is 3. The molecule has 0 spiro atoms. The van der Waals surface area contributed by atoms with Crippen molar-refractivity contribution in [2.24, 2.45) is 0 Å². The molecule has 0 unspecified atom stereocenters. The zero-order valence-corrected chi connectivity index (χ0v) is 16.6. The van der Waals surface area contributed by atoms with E-state index in [1.165, 1.54) is 48.7 Å². The smallest absolute Gasteiger partial charge is 0.335 e.